The largest absolute Gasteiger partial charge is 0.338 e. The lowest BCUT2D eigenvalue weighted by molar-refractivity contribution is 0.187. The van der Waals surface area contributed by atoms with Gasteiger partial charge in [-0.3, -0.25) is 4.90 Å². The molecule has 17 heavy (non-hydrogen) atoms. The Kier molecular flexibility index (Phi) is 4.31. The maximum Gasteiger partial charge on any atom is 0.225 e. The Bertz CT molecular complexity index is 319. The Balaban J connectivity index is 1.86. The Morgan fingerprint density at radius 2 is 1.82 bits per heavy atom. The maximum absolute atomic E-state index is 4.30. The molecule has 0 amide bonds. The first kappa shape index (κ1) is 12.3. The van der Waals surface area contributed by atoms with Gasteiger partial charge in [0.25, 0.3) is 0 Å². The quantitative estimate of drug-likeness (QED) is 0.795. The van der Waals surface area contributed by atoms with Crippen molar-refractivity contribution in [1.82, 2.24) is 14.9 Å². The zero-order chi connectivity index (χ0) is 12.1. The number of hydrogen-bond donors (Lipinski definition) is 0. The Hall–Kier alpha value is -1.16. The minimum Gasteiger partial charge on any atom is -0.338 e. The lowest BCUT2D eigenvalue weighted by atomic mass is 10.1. The van der Waals surface area contributed by atoms with Crippen molar-refractivity contribution in [1.29, 1.82) is 0 Å². The SMILES string of the molecule is CCCC(C)N1CCN(c2ncccn2)CC1. The van der Waals surface area contributed by atoms with Gasteiger partial charge in [-0.2, -0.15) is 0 Å². The van der Waals surface area contributed by atoms with Crippen LogP contribution >= 0.6 is 0 Å². The third-order valence-electron chi connectivity index (χ3n) is 3.48. The molecule has 0 N–H and O–H groups in total. The summed E-state index contributed by atoms with van der Waals surface area (Å²) in [7, 11) is 0. The molecule has 1 aromatic rings. The van der Waals surface area contributed by atoms with E-state index in [9.17, 15) is 0 Å². The molecule has 1 fully saturated rings. The van der Waals surface area contributed by atoms with Crippen LogP contribution in [0.4, 0.5) is 5.95 Å². The monoisotopic (exact) mass is 234 g/mol. The molecule has 1 unspecified atom stereocenters. The van der Waals surface area contributed by atoms with Crippen LogP contribution in [0.15, 0.2) is 18.5 Å². The number of piperazine rings is 1. The van der Waals surface area contributed by atoms with Crippen molar-refractivity contribution < 1.29 is 0 Å². The minimum absolute atomic E-state index is 0.707. The average Bonchev–Trinajstić information content (AvgIpc) is 2.40. The molecule has 1 saturated heterocycles. The molecule has 4 heteroatoms. The van der Waals surface area contributed by atoms with Crippen molar-refractivity contribution in [2.75, 3.05) is 31.1 Å². The molecule has 1 aliphatic heterocycles. The van der Waals surface area contributed by atoms with E-state index in [0.29, 0.717) is 6.04 Å². The first-order chi connectivity index (χ1) is 8.31. The van der Waals surface area contributed by atoms with Crippen LogP contribution in [0.2, 0.25) is 0 Å². The summed E-state index contributed by atoms with van der Waals surface area (Å²) in [6.07, 6.45) is 6.19. The predicted molar refractivity (Wildman–Crippen MR) is 70.2 cm³/mol. The number of nitrogens with zero attached hydrogens (tertiary/aromatic N) is 4. The van der Waals surface area contributed by atoms with E-state index >= 15 is 0 Å². The molecule has 0 aliphatic carbocycles. The van der Waals surface area contributed by atoms with Gasteiger partial charge in [0.2, 0.25) is 5.95 Å². The van der Waals surface area contributed by atoms with Gasteiger partial charge in [-0.05, 0) is 19.4 Å². The van der Waals surface area contributed by atoms with E-state index in [2.05, 4.69) is 33.6 Å². The zero-order valence-corrected chi connectivity index (χ0v) is 10.8. The van der Waals surface area contributed by atoms with Gasteiger partial charge in [-0.25, -0.2) is 9.97 Å². The molecule has 2 heterocycles. The smallest absolute Gasteiger partial charge is 0.225 e. The summed E-state index contributed by atoms with van der Waals surface area (Å²) in [5.74, 6) is 0.871. The lowest BCUT2D eigenvalue weighted by Crippen LogP contribution is -2.50. The standard InChI is InChI=1S/C13H22N4/c1-3-5-12(2)16-8-10-17(11-9-16)13-14-6-4-7-15-13/h4,6-7,12H,3,5,8-11H2,1-2H3. The second-order valence-electron chi connectivity index (χ2n) is 4.71. The number of rotatable bonds is 4. The highest BCUT2D eigenvalue weighted by molar-refractivity contribution is 5.29. The Morgan fingerprint density at radius 1 is 1.18 bits per heavy atom. The highest BCUT2D eigenvalue weighted by Crippen LogP contribution is 2.13. The van der Waals surface area contributed by atoms with Gasteiger partial charge < -0.3 is 4.90 Å². The average molecular weight is 234 g/mol. The van der Waals surface area contributed by atoms with Gasteiger partial charge >= 0.3 is 0 Å². The number of aromatic nitrogens is 2. The molecule has 0 spiro atoms. The fourth-order valence-electron chi connectivity index (χ4n) is 2.42. The molecule has 0 saturated carbocycles. The van der Waals surface area contributed by atoms with E-state index in [0.717, 1.165) is 32.1 Å². The summed E-state index contributed by atoms with van der Waals surface area (Å²) in [6.45, 7) is 8.91. The first-order valence-corrected chi connectivity index (χ1v) is 6.57. The fraction of sp³-hybridized carbons (Fsp3) is 0.692. The van der Waals surface area contributed by atoms with Crippen molar-refractivity contribution in [3.8, 4) is 0 Å². The van der Waals surface area contributed by atoms with Gasteiger partial charge in [0.1, 0.15) is 0 Å². The van der Waals surface area contributed by atoms with E-state index in [-0.39, 0.29) is 0 Å². The zero-order valence-electron chi connectivity index (χ0n) is 10.8. The third-order valence-corrected chi connectivity index (χ3v) is 3.48. The molecule has 2 rings (SSSR count). The van der Waals surface area contributed by atoms with E-state index < -0.39 is 0 Å². The molecular weight excluding hydrogens is 212 g/mol. The van der Waals surface area contributed by atoms with Crippen LogP contribution in [0.25, 0.3) is 0 Å². The molecule has 94 valence electrons. The molecule has 1 aromatic heterocycles. The highest BCUT2D eigenvalue weighted by atomic mass is 15.3. The van der Waals surface area contributed by atoms with Crippen molar-refractivity contribution in [2.45, 2.75) is 32.7 Å². The van der Waals surface area contributed by atoms with E-state index in [1.807, 2.05) is 18.5 Å². The summed E-state index contributed by atoms with van der Waals surface area (Å²) in [5, 5.41) is 0. The number of anilines is 1. The second-order valence-corrected chi connectivity index (χ2v) is 4.71. The molecule has 4 nitrogen and oxygen atoms in total. The van der Waals surface area contributed by atoms with Crippen LogP contribution in [0, 0.1) is 0 Å². The van der Waals surface area contributed by atoms with E-state index in [1.165, 1.54) is 12.8 Å². The van der Waals surface area contributed by atoms with Gasteiger partial charge in [-0.1, -0.05) is 13.3 Å². The third kappa shape index (κ3) is 3.16. The van der Waals surface area contributed by atoms with Gasteiger partial charge in [0.15, 0.2) is 0 Å². The maximum atomic E-state index is 4.30. The van der Waals surface area contributed by atoms with E-state index in [1.54, 1.807) is 0 Å². The summed E-state index contributed by atoms with van der Waals surface area (Å²) in [6, 6.07) is 2.57. The van der Waals surface area contributed by atoms with Gasteiger partial charge in [0, 0.05) is 44.6 Å². The van der Waals surface area contributed by atoms with Crippen LogP contribution in [-0.4, -0.2) is 47.1 Å². The highest BCUT2D eigenvalue weighted by Gasteiger charge is 2.21. The first-order valence-electron chi connectivity index (χ1n) is 6.57. The Morgan fingerprint density at radius 3 is 2.41 bits per heavy atom. The molecule has 0 radical (unpaired) electrons. The van der Waals surface area contributed by atoms with Crippen LogP contribution in [0.5, 0.6) is 0 Å². The Labute approximate surface area is 104 Å². The van der Waals surface area contributed by atoms with E-state index in [4.69, 9.17) is 0 Å². The summed E-state index contributed by atoms with van der Waals surface area (Å²) < 4.78 is 0. The van der Waals surface area contributed by atoms with Crippen molar-refractivity contribution >= 4 is 5.95 Å². The molecule has 0 aromatic carbocycles. The molecule has 1 aliphatic rings. The molecule has 1 atom stereocenters. The summed E-state index contributed by atoms with van der Waals surface area (Å²) >= 11 is 0. The number of hydrogen-bond acceptors (Lipinski definition) is 4. The van der Waals surface area contributed by atoms with Crippen molar-refractivity contribution in [3.63, 3.8) is 0 Å². The second kappa shape index (κ2) is 5.96. The topological polar surface area (TPSA) is 32.3 Å². The van der Waals surface area contributed by atoms with Crippen molar-refractivity contribution in [2.24, 2.45) is 0 Å². The van der Waals surface area contributed by atoms with Gasteiger partial charge in [0.05, 0.1) is 0 Å². The fourth-order valence-corrected chi connectivity index (χ4v) is 2.42. The molecular formula is C13H22N4. The van der Waals surface area contributed by atoms with Crippen LogP contribution in [0.3, 0.4) is 0 Å². The summed E-state index contributed by atoms with van der Waals surface area (Å²) in [5.41, 5.74) is 0. The van der Waals surface area contributed by atoms with Crippen LogP contribution in [-0.2, 0) is 0 Å². The minimum atomic E-state index is 0.707. The summed E-state index contributed by atoms with van der Waals surface area (Å²) in [4.78, 5) is 13.5. The van der Waals surface area contributed by atoms with Crippen molar-refractivity contribution in [3.05, 3.63) is 18.5 Å². The van der Waals surface area contributed by atoms with Gasteiger partial charge in [-0.15, -0.1) is 0 Å². The molecule has 0 bridgehead atoms. The normalized spacial score (nSPS) is 19.3. The predicted octanol–water partition coefficient (Wildman–Crippen LogP) is 1.79. The van der Waals surface area contributed by atoms with Crippen LogP contribution < -0.4 is 4.90 Å². The van der Waals surface area contributed by atoms with Crippen LogP contribution in [0.1, 0.15) is 26.7 Å². The lowest BCUT2D eigenvalue weighted by Gasteiger charge is -2.38.